The van der Waals surface area contributed by atoms with Crippen LogP contribution in [-0.4, -0.2) is 72.8 Å². The van der Waals surface area contributed by atoms with Gasteiger partial charge in [0.15, 0.2) is 5.54 Å². The molecule has 1 spiro atoms. The molecule has 8 nitrogen and oxygen atoms in total. The van der Waals surface area contributed by atoms with Crippen molar-refractivity contribution in [3.05, 3.63) is 77.4 Å². The summed E-state index contributed by atoms with van der Waals surface area (Å²) in [5.74, 6) is -1.85. The van der Waals surface area contributed by atoms with Crippen LogP contribution in [-0.2, 0) is 19.9 Å². The van der Waals surface area contributed by atoms with Crippen molar-refractivity contribution in [3.8, 4) is 5.75 Å². The van der Waals surface area contributed by atoms with Gasteiger partial charge in [0, 0.05) is 30.8 Å². The highest BCUT2D eigenvalue weighted by Gasteiger charge is 2.66. The fourth-order valence-corrected chi connectivity index (χ4v) is 5.16. The predicted octanol–water partition coefficient (Wildman–Crippen LogP) is 3.45. The number of likely N-dealkylation sites (N-methyl/N-ethyl adjacent to an activating group) is 1. The number of para-hydroxylation sites is 1. The SMILES string of the molecule is C=CCOc1ccc(/C(O)=C2\C(=O)C(=O)N(CCN(C)C)C23C(=O)N(CCC)c2ccccc23)cc1C. The second-order valence-electron chi connectivity index (χ2n) is 9.58. The Hall–Kier alpha value is -3.91. The lowest BCUT2D eigenvalue weighted by atomic mass is 9.81. The summed E-state index contributed by atoms with van der Waals surface area (Å²) in [4.78, 5) is 46.3. The van der Waals surface area contributed by atoms with Crippen LogP contribution in [0.3, 0.4) is 0 Å². The third kappa shape index (κ3) is 4.11. The van der Waals surface area contributed by atoms with Gasteiger partial charge in [-0.2, -0.15) is 0 Å². The molecule has 2 aliphatic heterocycles. The van der Waals surface area contributed by atoms with Crippen molar-refractivity contribution < 1.29 is 24.2 Å². The quantitative estimate of drug-likeness (QED) is 0.244. The molecule has 2 aromatic rings. The van der Waals surface area contributed by atoms with Gasteiger partial charge < -0.3 is 24.5 Å². The summed E-state index contributed by atoms with van der Waals surface area (Å²) in [5, 5.41) is 11.6. The van der Waals surface area contributed by atoms with Crippen molar-refractivity contribution in [2.75, 3.05) is 45.2 Å². The van der Waals surface area contributed by atoms with Crippen molar-refractivity contribution in [2.24, 2.45) is 0 Å². The summed E-state index contributed by atoms with van der Waals surface area (Å²) >= 11 is 0. The van der Waals surface area contributed by atoms with Gasteiger partial charge in [0.2, 0.25) is 0 Å². The van der Waals surface area contributed by atoms with Crippen molar-refractivity contribution in [1.82, 2.24) is 9.80 Å². The van der Waals surface area contributed by atoms with Crippen LogP contribution < -0.4 is 9.64 Å². The molecule has 0 saturated carbocycles. The number of aliphatic hydroxyl groups is 1. The van der Waals surface area contributed by atoms with E-state index in [1.807, 2.05) is 45.0 Å². The fraction of sp³-hybridized carbons (Fsp3) is 0.345. The lowest BCUT2D eigenvalue weighted by Gasteiger charge is -2.35. The van der Waals surface area contributed by atoms with Crippen LogP contribution in [0.4, 0.5) is 5.69 Å². The second-order valence-corrected chi connectivity index (χ2v) is 9.58. The Morgan fingerprint density at radius 3 is 2.51 bits per heavy atom. The average Bonchev–Trinajstić information content (AvgIpc) is 3.25. The molecule has 1 N–H and O–H groups in total. The van der Waals surface area contributed by atoms with Gasteiger partial charge in [-0.05, 0) is 57.3 Å². The van der Waals surface area contributed by atoms with Crippen molar-refractivity contribution >= 4 is 29.0 Å². The maximum absolute atomic E-state index is 14.3. The van der Waals surface area contributed by atoms with E-state index >= 15 is 0 Å². The molecule has 2 aromatic carbocycles. The minimum absolute atomic E-state index is 0.141. The summed E-state index contributed by atoms with van der Waals surface area (Å²) < 4.78 is 5.64. The first-order valence-corrected chi connectivity index (χ1v) is 12.4. The number of ketones is 1. The lowest BCUT2D eigenvalue weighted by Crippen LogP contribution is -2.53. The van der Waals surface area contributed by atoms with E-state index in [1.165, 1.54) is 4.90 Å². The number of hydrogen-bond acceptors (Lipinski definition) is 6. The number of aliphatic hydroxyl groups excluding tert-OH is 1. The number of aryl methyl sites for hydroxylation is 1. The molecule has 2 heterocycles. The first-order chi connectivity index (χ1) is 17.7. The molecular weight excluding hydrogens is 470 g/mol. The van der Waals surface area contributed by atoms with Gasteiger partial charge in [-0.15, -0.1) is 0 Å². The molecule has 194 valence electrons. The highest BCUT2D eigenvalue weighted by Crippen LogP contribution is 2.53. The number of carbonyl (C=O) groups is 3. The highest BCUT2D eigenvalue weighted by atomic mass is 16.5. The summed E-state index contributed by atoms with van der Waals surface area (Å²) in [6, 6.07) is 12.2. The number of anilines is 1. The number of hydrogen-bond donors (Lipinski definition) is 1. The standard InChI is InChI=1S/C29H33N3O5/c1-6-14-31-22-11-9-8-10-21(22)29(28(31)36)24(26(34)27(35)32(29)16-15-30(4)5)25(33)20-12-13-23(19(3)18-20)37-17-7-2/h7-13,18,33H,2,6,14-17H2,1,3-5H3/b25-24-. The molecule has 4 rings (SSSR count). The van der Waals surface area contributed by atoms with Crippen LogP contribution in [0.2, 0.25) is 0 Å². The third-order valence-corrected chi connectivity index (χ3v) is 6.83. The summed E-state index contributed by atoms with van der Waals surface area (Å²) in [6.07, 6.45) is 2.32. The number of nitrogens with zero attached hydrogens (tertiary/aromatic N) is 3. The van der Waals surface area contributed by atoms with E-state index in [4.69, 9.17) is 4.74 Å². The van der Waals surface area contributed by atoms with Crippen LogP contribution in [0.15, 0.2) is 60.7 Å². The molecule has 0 radical (unpaired) electrons. The zero-order valence-corrected chi connectivity index (χ0v) is 21.8. The van der Waals surface area contributed by atoms with Gasteiger partial charge in [0.25, 0.3) is 17.6 Å². The van der Waals surface area contributed by atoms with Crippen LogP contribution in [0, 0.1) is 6.92 Å². The van der Waals surface area contributed by atoms with Gasteiger partial charge in [0.05, 0.1) is 11.3 Å². The molecule has 0 aliphatic carbocycles. The Balaban J connectivity index is 1.98. The molecular formula is C29H33N3O5. The molecule has 2 amide bonds. The van der Waals surface area contributed by atoms with E-state index in [9.17, 15) is 19.5 Å². The molecule has 1 fully saturated rings. The predicted molar refractivity (Wildman–Crippen MR) is 142 cm³/mol. The van der Waals surface area contributed by atoms with Gasteiger partial charge >= 0.3 is 0 Å². The van der Waals surface area contributed by atoms with Crippen molar-refractivity contribution in [3.63, 3.8) is 0 Å². The smallest absolute Gasteiger partial charge is 0.296 e. The first kappa shape index (κ1) is 26.2. The molecule has 1 atom stereocenters. The van der Waals surface area contributed by atoms with Crippen LogP contribution in [0.5, 0.6) is 5.75 Å². The largest absolute Gasteiger partial charge is 0.507 e. The summed E-state index contributed by atoms with van der Waals surface area (Å²) in [6.45, 7) is 8.75. The number of amides is 2. The monoisotopic (exact) mass is 503 g/mol. The number of ether oxygens (including phenoxy) is 1. The Kier molecular flexibility index (Phi) is 7.23. The third-order valence-electron chi connectivity index (χ3n) is 6.83. The van der Waals surface area contributed by atoms with Crippen LogP contribution >= 0.6 is 0 Å². The maximum Gasteiger partial charge on any atom is 0.296 e. The number of likely N-dealkylation sites (tertiary alicyclic amines) is 1. The van der Waals surface area contributed by atoms with Crippen LogP contribution in [0.25, 0.3) is 5.76 Å². The van der Waals surface area contributed by atoms with Gasteiger partial charge in [-0.25, -0.2) is 0 Å². The van der Waals surface area contributed by atoms with Gasteiger partial charge in [0.1, 0.15) is 18.1 Å². The summed E-state index contributed by atoms with van der Waals surface area (Å²) in [7, 11) is 3.71. The molecule has 1 saturated heterocycles. The van der Waals surface area contributed by atoms with E-state index in [0.717, 1.165) is 5.56 Å². The minimum atomic E-state index is -1.74. The van der Waals surface area contributed by atoms with Crippen molar-refractivity contribution in [2.45, 2.75) is 25.8 Å². The van der Waals surface area contributed by atoms with Crippen LogP contribution in [0.1, 0.15) is 30.0 Å². The summed E-state index contributed by atoms with van der Waals surface area (Å²) in [5.41, 5.74) is 0.273. The van der Waals surface area contributed by atoms with E-state index < -0.39 is 23.1 Å². The number of fused-ring (bicyclic) bond motifs is 2. The Bertz CT molecular complexity index is 1300. The second kappa shape index (κ2) is 10.2. The maximum atomic E-state index is 14.3. The molecule has 0 aromatic heterocycles. The average molecular weight is 504 g/mol. The van der Waals surface area contributed by atoms with E-state index in [-0.39, 0.29) is 17.9 Å². The highest BCUT2D eigenvalue weighted by molar-refractivity contribution is 6.50. The zero-order chi connectivity index (χ0) is 26.9. The van der Waals surface area contributed by atoms with E-state index in [0.29, 0.717) is 48.7 Å². The van der Waals surface area contributed by atoms with Crippen molar-refractivity contribution in [1.29, 1.82) is 0 Å². The molecule has 8 heteroatoms. The van der Waals surface area contributed by atoms with Gasteiger partial charge in [-0.1, -0.05) is 37.8 Å². The Morgan fingerprint density at radius 2 is 1.86 bits per heavy atom. The fourth-order valence-electron chi connectivity index (χ4n) is 5.16. The van der Waals surface area contributed by atoms with E-state index in [2.05, 4.69) is 6.58 Å². The number of carbonyl (C=O) groups excluding carboxylic acids is 3. The number of benzene rings is 2. The molecule has 1 unspecified atom stereocenters. The molecule has 0 bridgehead atoms. The zero-order valence-electron chi connectivity index (χ0n) is 21.8. The number of Topliss-reactive ketones (excluding diaryl/α,β-unsaturated/α-hetero) is 1. The van der Waals surface area contributed by atoms with Gasteiger partial charge in [-0.3, -0.25) is 14.4 Å². The van der Waals surface area contributed by atoms with E-state index in [1.54, 1.807) is 41.3 Å². The topological polar surface area (TPSA) is 90.4 Å². The Labute approximate surface area is 217 Å². The normalized spacial score (nSPS) is 20.3. The Morgan fingerprint density at radius 1 is 1.14 bits per heavy atom. The minimum Gasteiger partial charge on any atom is -0.507 e. The molecule has 2 aliphatic rings. The lowest BCUT2D eigenvalue weighted by molar-refractivity contribution is -0.143. The first-order valence-electron chi connectivity index (χ1n) is 12.4. The molecule has 37 heavy (non-hydrogen) atoms. The number of rotatable bonds is 9.